The van der Waals surface area contributed by atoms with Crippen LogP contribution in [0.3, 0.4) is 0 Å². The molecule has 0 spiro atoms. The van der Waals surface area contributed by atoms with Crippen LogP contribution in [0.2, 0.25) is 0 Å². The number of carbonyl (C=O) groups excluding carboxylic acids is 2. The molecule has 0 bridgehead atoms. The lowest BCUT2D eigenvalue weighted by atomic mass is 10.1. The van der Waals surface area contributed by atoms with Gasteiger partial charge in [-0.05, 0) is 80.0 Å². The van der Waals surface area contributed by atoms with E-state index >= 15 is 0 Å². The van der Waals surface area contributed by atoms with Crippen LogP contribution < -0.4 is 16.0 Å². The van der Waals surface area contributed by atoms with Crippen molar-refractivity contribution in [2.45, 2.75) is 12.8 Å². The molecule has 4 aromatic heterocycles. The summed E-state index contributed by atoms with van der Waals surface area (Å²) in [7, 11) is 3.74. The van der Waals surface area contributed by atoms with E-state index in [0.29, 0.717) is 36.8 Å². The fourth-order valence-electron chi connectivity index (χ4n) is 5.09. The average molecular weight is 631 g/mol. The van der Waals surface area contributed by atoms with E-state index < -0.39 is 0 Å². The van der Waals surface area contributed by atoms with Crippen molar-refractivity contribution in [2.75, 3.05) is 37.8 Å². The number of benzene rings is 2. The molecule has 0 aliphatic heterocycles. The highest BCUT2D eigenvalue weighted by Crippen LogP contribution is 2.33. The van der Waals surface area contributed by atoms with Gasteiger partial charge in [-0.2, -0.15) is 0 Å². The van der Waals surface area contributed by atoms with Gasteiger partial charge in [-0.25, -0.2) is 15.0 Å². The maximum Gasteiger partial charge on any atom is 0.234 e. The predicted molar refractivity (Wildman–Crippen MR) is 183 cm³/mol. The number of anilines is 3. The highest BCUT2D eigenvalue weighted by molar-refractivity contribution is 7.10. The van der Waals surface area contributed by atoms with E-state index in [9.17, 15) is 9.59 Å². The third-order valence-corrected chi connectivity index (χ3v) is 8.04. The zero-order valence-corrected chi connectivity index (χ0v) is 26.4. The van der Waals surface area contributed by atoms with E-state index in [2.05, 4.69) is 20.9 Å². The Morgan fingerprint density at radius 2 is 1.76 bits per heavy atom. The van der Waals surface area contributed by atoms with Crippen molar-refractivity contribution < 1.29 is 9.59 Å². The maximum atomic E-state index is 12.7. The highest BCUT2D eigenvalue weighted by atomic mass is 32.1. The summed E-state index contributed by atoms with van der Waals surface area (Å²) < 4.78 is 2.01. The number of hydrogen-bond donors (Lipinski definition) is 3. The summed E-state index contributed by atoms with van der Waals surface area (Å²) in [5.74, 6) is 0.396. The van der Waals surface area contributed by atoms with Crippen LogP contribution in [0, 0.1) is 0 Å². The fourth-order valence-corrected chi connectivity index (χ4v) is 5.79. The third kappa shape index (κ3) is 7.63. The molecule has 3 N–H and O–H groups in total. The van der Waals surface area contributed by atoms with Gasteiger partial charge in [0, 0.05) is 40.8 Å². The number of likely N-dealkylation sites (N-methyl/N-ethyl adjacent to an activating group) is 1. The Hall–Kier alpha value is -5.39. The largest absolute Gasteiger partial charge is 0.355 e. The summed E-state index contributed by atoms with van der Waals surface area (Å²) in [6, 6.07) is 27.4. The zero-order chi connectivity index (χ0) is 31.9. The molecular weight excluding hydrogens is 597 g/mol. The Morgan fingerprint density at radius 3 is 2.57 bits per heavy atom. The van der Waals surface area contributed by atoms with Gasteiger partial charge in [0.1, 0.15) is 5.65 Å². The van der Waals surface area contributed by atoms with Gasteiger partial charge >= 0.3 is 0 Å². The van der Waals surface area contributed by atoms with Gasteiger partial charge in [0.25, 0.3) is 0 Å². The normalized spacial score (nSPS) is 11.1. The Labute approximate surface area is 271 Å². The van der Waals surface area contributed by atoms with Gasteiger partial charge in [0.15, 0.2) is 0 Å². The number of aromatic nitrogens is 4. The predicted octanol–water partition coefficient (Wildman–Crippen LogP) is 5.66. The summed E-state index contributed by atoms with van der Waals surface area (Å²) in [5, 5.41) is 11.2. The minimum atomic E-state index is -0.0684. The molecule has 0 unspecified atom stereocenters. The number of carbonyl (C=O) groups is 2. The Kier molecular flexibility index (Phi) is 9.42. The fraction of sp³-hybridized carbons (Fsp3) is 0.171. The number of imidazole rings is 1. The van der Waals surface area contributed by atoms with E-state index in [0.717, 1.165) is 45.1 Å². The van der Waals surface area contributed by atoms with Gasteiger partial charge in [-0.1, -0.05) is 36.4 Å². The van der Waals surface area contributed by atoms with Crippen molar-refractivity contribution in [1.82, 2.24) is 29.6 Å². The number of nitrogens with one attached hydrogen (secondary N) is 3. The Morgan fingerprint density at radius 1 is 0.891 bits per heavy atom. The first-order chi connectivity index (χ1) is 22.4. The maximum absolute atomic E-state index is 12.7. The molecule has 0 saturated heterocycles. The quantitative estimate of drug-likeness (QED) is 0.160. The molecule has 0 radical (unpaired) electrons. The SMILES string of the molecule is CN(C)CC(=O)NCCc1ccc(Nc2nccc(-c3c(-c4cccc(NC(=O)Cc5cccs5)c4)nc4ccccn34)n2)cc1. The number of thiophene rings is 1. The van der Waals surface area contributed by atoms with Crippen molar-refractivity contribution in [3.63, 3.8) is 0 Å². The lowest BCUT2D eigenvalue weighted by Gasteiger charge is -2.11. The van der Waals surface area contributed by atoms with Crippen LogP contribution in [-0.4, -0.2) is 63.3 Å². The van der Waals surface area contributed by atoms with E-state index in [-0.39, 0.29) is 11.8 Å². The number of fused-ring (bicyclic) bond motifs is 1. The lowest BCUT2D eigenvalue weighted by molar-refractivity contribution is -0.121. The van der Waals surface area contributed by atoms with E-state index in [1.165, 1.54) is 0 Å². The minimum Gasteiger partial charge on any atom is -0.355 e. The van der Waals surface area contributed by atoms with Crippen LogP contribution in [0.15, 0.2) is 103 Å². The number of nitrogens with zero attached hydrogens (tertiary/aromatic N) is 5. The number of hydrogen-bond acceptors (Lipinski definition) is 8. The Bertz CT molecular complexity index is 1950. The average Bonchev–Trinajstić information content (AvgIpc) is 3.70. The summed E-state index contributed by atoms with van der Waals surface area (Å²) in [6.45, 7) is 0.954. The molecule has 10 nitrogen and oxygen atoms in total. The summed E-state index contributed by atoms with van der Waals surface area (Å²) in [5.41, 5.74) is 6.56. The van der Waals surface area contributed by atoms with E-state index in [4.69, 9.17) is 9.97 Å². The second-order valence-electron chi connectivity index (χ2n) is 11.0. The third-order valence-electron chi connectivity index (χ3n) is 7.17. The molecule has 6 aromatic rings. The second-order valence-corrected chi connectivity index (χ2v) is 12.1. The topological polar surface area (TPSA) is 117 Å². The van der Waals surface area contributed by atoms with Crippen LogP contribution in [0.5, 0.6) is 0 Å². The van der Waals surface area contributed by atoms with Crippen molar-refractivity contribution in [3.8, 4) is 22.6 Å². The standard InChI is InChI=1S/C35H34N8O2S/c1-42(2)23-32(45)36-17-15-24-11-13-26(14-12-24)39-35-37-18-16-29(40-35)34-33(41-30-10-3-4-19-43(30)34)25-7-5-8-27(21-25)38-31(44)22-28-9-6-20-46-28/h3-14,16,18-21H,15,17,22-23H2,1-2H3,(H,36,45)(H,38,44)(H,37,39,40). The van der Waals surface area contributed by atoms with Gasteiger partial charge in [-0.15, -0.1) is 11.3 Å². The molecule has 0 saturated carbocycles. The van der Waals surface area contributed by atoms with Crippen molar-refractivity contribution >= 4 is 46.1 Å². The molecule has 46 heavy (non-hydrogen) atoms. The molecule has 0 aliphatic rings. The van der Waals surface area contributed by atoms with Crippen LogP contribution in [0.1, 0.15) is 10.4 Å². The molecule has 0 atom stereocenters. The van der Waals surface area contributed by atoms with Crippen molar-refractivity contribution in [2.24, 2.45) is 0 Å². The number of pyridine rings is 1. The van der Waals surface area contributed by atoms with Gasteiger partial charge in [-0.3, -0.25) is 14.0 Å². The van der Waals surface area contributed by atoms with Crippen LogP contribution >= 0.6 is 11.3 Å². The molecule has 232 valence electrons. The second kappa shape index (κ2) is 14.1. The van der Waals surface area contributed by atoms with Crippen LogP contribution in [0.25, 0.3) is 28.3 Å². The molecule has 0 aliphatic carbocycles. The molecule has 4 heterocycles. The van der Waals surface area contributed by atoms with E-state index in [1.807, 2.05) is 120 Å². The smallest absolute Gasteiger partial charge is 0.234 e. The monoisotopic (exact) mass is 630 g/mol. The first-order valence-corrected chi connectivity index (χ1v) is 15.8. The molecule has 2 amide bonds. The lowest BCUT2D eigenvalue weighted by Crippen LogP contribution is -2.34. The Balaban J connectivity index is 1.21. The van der Waals surface area contributed by atoms with Gasteiger partial charge < -0.3 is 20.9 Å². The molecular formula is C35H34N8O2S. The first kappa shape index (κ1) is 30.6. The minimum absolute atomic E-state index is 0.0127. The molecule has 11 heteroatoms. The first-order valence-electron chi connectivity index (χ1n) is 14.9. The summed E-state index contributed by atoms with van der Waals surface area (Å²) in [6.07, 6.45) is 4.76. The summed E-state index contributed by atoms with van der Waals surface area (Å²) >= 11 is 1.57. The number of rotatable bonds is 12. The van der Waals surface area contributed by atoms with Gasteiger partial charge in [0.2, 0.25) is 17.8 Å². The van der Waals surface area contributed by atoms with Gasteiger partial charge in [0.05, 0.1) is 30.0 Å². The molecule has 0 fully saturated rings. The zero-order valence-electron chi connectivity index (χ0n) is 25.6. The molecule has 6 rings (SSSR count). The number of amides is 2. The van der Waals surface area contributed by atoms with Crippen LogP contribution in [-0.2, 0) is 22.4 Å². The van der Waals surface area contributed by atoms with Crippen molar-refractivity contribution in [3.05, 3.63) is 113 Å². The summed E-state index contributed by atoms with van der Waals surface area (Å²) in [4.78, 5) is 41.7. The molecule has 2 aromatic carbocycles. The highest BCUT2D eigenvalue weighted by Gasteiger charge is 2.18. The van der Waals surface area contributed by atoms with Crippen molar-refractivity contribution in [1.29, 1.82) is 0 Å². The van der Waals surface area contributed by atoms with Crippen LogP contribution in [0.4, 0.5) is 17.3 Å². The van der Waals surface area contributed by atoms with E-state index in [1.54, 1.807) is 17.5 Å².